The topological polar surface area (TPSA) is 47.0 Å². The zero-order valence-electron chi connectivity index (χ0n) is 10.8. The lowest BCUT2D eigenvalue weighted by atomic mass is 10.2. The lowest BCUT2D eigenvalue weighted by molar-refractivity contribution is 0.416. The summed E-state index contributed by atoms with van der Waals surface area (Å²) in [6.45, 7) is 4.98. The van der Waals surface area contributed by atoms with Crippen molar-refractivity contribution < 1.29 is 4.74 Å². The second-order valence-electron chi connectivity index (χ2n) is 4.24. The van der Waals surface area contributed by atoms with Gasteiger partial charge in [0.25, 0.3) is 0 Å². The minimum atomic E-state index is 0.448. The summed E-state index contributed by atoms with van der Waals surface area (Å²) in [5.41, 5.74) is 0.994. The summed E-state index contributed by atoms with van der Waals surface area (Å²) in [5, 5.41) is 13.6. The fraction of sp³-hybridized carbons (Fsp3) is 0.385. The molecule has 1 aromatic heterocycles. The van der Waals surface area contributed by atoms with E-state index in [1.54, 1.807) is 18.4 Å². The quantitative estimate of drug-likeness (QED) is 0.901. The van der Waals surface area contributed by atoms with Crippen molar-refractivity contribution in [2.75, 3.05) is 7.11 Å². The van der Waals surface area contributed by atoms with Crippen molar-refractivity contribution in [1.29, 1.82) is 0 Å². The van der Waals surface area contributed by atoms with Crippen LogP contribution >= 0.6 is 11.3 Å². The van der Waals surface area contributed by atoms with E-state index in [0.717, 1.165) is 27.9 Å². The minimum Gasteiger partial charge on any atom is -0.496 e. The Bertz CT molecular complexity index is 510. The molecule has 0 aliphatic heterocycles. The molecule has 0 bridgehead atoms. The molecule has 96 valence electrons. The lowest BCUT2D eigenvalue weighted by Gasteiger charge is -2.04. The number of methoxy groups -OCH3 is 1. The molecule has 0 radical (unpaired) electrons. The van der Waals surface area contributed by atoms with Crippen molar-refractivity contribution in [2.24, 2.45) is 0 Å². The van der Waals surface area contributed by atoms with Crippen molar-refractivity contribution >= 4 is 11.3 Å². The number of nitrogens with zero attached hydrogens (tertiary/aromatic N) is 2. The maximum Gasteiger partial charge on any atom is 0.151 e. The Balaban J connectivity index is 2.18. The average Bonchev–Trinajstić information content (AvgIpc) is 2.85. The van der Waals surface area contributed by atoms with Crippen molar-refractivity contribution in [3.05, 3.63) is 29.3 Å². The molecule has 1 N–H and O–H groups in total. The number of ether oxygens (including phenoxy) is 1. The van der Waals surface area contributed by atoms with E-state index in [1.165, 1.54) is 0 Å². The van der Waals surface area contributed by atoms with Crippen molar-refractivity contribution in [3.63, 3.8) is 0 Å². The van der Waals surface area contributed by atoms with E-state index in [0.29, 0.717) is 6.04 Å². The Hall–Kier alpha value is -1.46. The highest BCUT2D eigenvalue weighted by Crippen LogP contribution is 2.31. The van der Waals surface area contributed by atoms with Gasteiger partial charge in [0.1, 0.15) is 10.8 Å². The van der Waals surface area contributed by atoms with E-state index in [2.05, 4.69) is 29.4 Å². The Morgan fingerprint density at radius 2 is 2.06 bits per heavy atom. The van der Waals surface area contributed by atoms with Gasteiger partial charge in [0.2, 0.25) is 0 Å². The van der Waals surface area contributed by atoms with Gasteiger partial charge in [0, 0.05) is 12.6 Å². The van der Waals surface area contributed by atoms with Crippen LogP contribution in [0, 0.1) is 0 Å². The Morgan fingerprint density at radius 3 is 2.78 bits per heavy atom. The molecule has 2 rings (SSSR count). The van der Waals surface area contributed by atoms with Crippen LogP contribution in [0.4, 0.5) is 0 Å². The van der Waals surface area contributed by atoms with E-state index in [1.807, 2.05) is 24.3 Å². The van der Waals surface area contributed by atoms with Gasteiger partial charge < -0.3 is 10.1 Å². The highest BCUT2D eigenvalue weighted by Gasteiger charge is 2.10. The summed E-state index contributed by atoms with van der Waals surface area (Å²) in [5.74, 6) is 0.831. The van der Waals surface area contributed by atoms with Gasteiger partial charge in [-0.05, 0) is 12.1 Å². The molecule has 0 aliphatic rings. The van der Waals surface area contributed by atoms with Gasteiger partial charge in [-0.2, -0.15) is 0 Å². The number of rotatable bonds is 5. The normalized spacial score (nSPS) is 10.9. The highest BCUT2D eigenvalue weighted by molar-refractivity contribution is 7.14. The Labute approximate surface area is 111 Å². The van der Waals surface area contributed by atoms with Gasteiger partial charge in [-0.25, -0.2) is 0 Å². The van der Waals surface area contributed by atoms with Crippen LogP contribution in [0.15, 0.2) is 24.3 Å². The first-order valence-electron chi connectivity index (χ1n) is 5.90. The van der Waals surface area contributed by atoms with Crippen LogP contribution in [0.3, 0.4) is 0 Å². The number of aromatic nitrogens is 2. The predicted molar refractivity (Wildman–Crippen MR) is 73.9 cm³/mol. The van der Waals surface area contributed by atoms with Crippen molar-refractivity contribution in [3.8, 4) is 16.3 Å². The molecule has 2 aromatic rings. The Kier molecular flexibility index (Phi) is 4.28. The van der Waals surface area contributed by atoms with Gasteiger partial charge in [-0.3, -0.25) is 0 Å². The van der Waals surface area contributed by atoms with E-state index in [4.69, 9.17) is 4.74 Å². The largest absolute Gasteiger partial charge is 0.496 e. The second-order valence-corrected chi connectivity index (χ2v) is 5.30. The summed E-state index contributed by atoms with van der Waals surface area (Å²) in [4.78, 5) is 0. The fourth-order valence-corrected chi connectivity index (χ4v) is 2.37. The van der Waals surface area contributed by atoms with Gasteiger partial charge in [0.15, 0.2) is 5.01 Å². The van der Waals surface area contributed by atoms with Gasteiger partial charge in [-0.15, -0.1) is 10.2 Å². The van der Waals surface area contributed by atoms with Crippen LogP contribution in [0.5, 0.6) is 5.75 Å². The molecule has 0 unspecified atom stereocenters. The molecule has 5 heteroatoms. The third-order valence-electron chi connectivity index (χ3n) is 2.47. The Morgan fingerprint density at radius 1 is 1.28 bits per heavy atom. The van der Waals surface area contributed by atoms with Crippen molar-refractivity contribution in [1.82, 2.24) is 15.5 Å². The number of hydrogen-bond donors (Lipinski definition) is 1. The third kappa shape index (κ3) is 3.05. The lowest BCUT2D eigenvalue weighted by Crippen LogP contribution is -2.21. The zero-order chi connectivity index (χ0) is 13.0. The zero-order valence-corrected chi connectivity index (χ0v) is 11.6. The molecule has 4 nitrogen and oxygen atoms in total. The molecular formula is C13H17N3OS. The second kappa shape index (κ2) is 5.93. The summed E-state index contributed by atoms with van der Waals surface area (Å²) in [7, 11) is 1.67. The molecule has 0 atom stereocenters. The van der Waals surface area contributed by atoms with Crippen LogP contribution < -0.4 is 10.1 Å². The average molecular weight is 263 g/mol. The molecule has 0 saturated heterocycles. The van der Waals surface area contributed by atoms with Crippen LogP contribution in [0.25, 0.3) is 10.6 Å². The molecule has 0 spiro atoms. The molecule has 1 heterocycles. The van der Waals surface area contributed by atoms with Gasteiger partial charge in [0.05, 0.1) is 12.7 Å². The standard InChI is InChI=1S/C13H17N3OS/c1-9(2)14-8-12-15-16-13(18-12)10-6-4-5-7-11(10)17-3/h4-7,9,14H,8H2,1-3H3. The van der Waals surface area contributed by atoms with Crippen LogP contribution in [0.2, 0.25) is 0 Å². The van der Waals surface area contributed by atoms with Gasteiger partial charge >= 0.3 is 0 Å². The summed E-state index contributed by atoms with van der Waals surface area (Å²) < 4.78 is 5.33. The maximum atomic E-state index is 5.33. The third-order valence-corrected chi connectivity index (χ3v) is 3.42. The fourth-order valence-electron chi connectivity index (χ4n) is 1.55. The first kappa shape index (κ1) is 13.0. The minimum absolute atomic E-state index is 0.448. The monoisotopic (exact) mass is 263 g/mol. The van der Waals surface area contributed by atoms with Crippen molar-refractivity contribution in [2.45, 2.75) is 26.4 Å². The maximum absolute atomic E-state index is 5.33. The summed E-state index contributed by atoms with van der Waals surface area (Å²) >= 11 is 1.59. The van der Waals surface area contributed by atoms with Gasteiger partial charge in [-0.1, -0.05) is 37.3 Å². The predicted octanol–water partition coefficient (Wildman–Crippen LogP) is 2.71. The molecular weight excluding hydrogens is 246 g/mol. The summed E-state index contributed by atoms with van der Waals surface area (Å²) in [6, 6.07) is 8.31. The molecule has 1 aromatic carbocycles. The summed E-state index contributed by atoms with van der Waals surface area (Å²) in [6.07, 6.45) is 0. The SMILES string of the molecule is COc1ccccc1-c1nnc(CNC(C)C)s1. The first-order valence-corrected chi connectivity index (χ1v) is 6.71. The number of benzene rings is 1. The van der Waals surface area contributed by atoms with Crippen LogP contribution in [-0.2, 0) is 6.54 Å². The number of nitrogens with one attached hydrogen (secondary N) is 1. The molecule has 0 amide bonds. The number of hydrogen-bond acceptors (Lipinski definition) is 5. The molecule has 0 saturated carbocycles. The van der Waals surface area contributed by atoms with E-state index in [9.17, 15) is 0 Å². The molecule has 18 heavy (non-hydrogen) atoms. The molecule has 0 aliphatic carbocycles. The van der Waals surface area contributed by atoms with E-state index in [-0.39, 0.29) is 0 Å². The van der Waals surface area contributed by atoms with E-state index < -0.39 is 0 Å². The highest BCUT2D eigenvalue weighted by atomic mass is 32.1. The molecule has 0 fully saturated rings. The van der Waals surface area contributed by atoms with Crippen LogP contribution in [-0.4, -0.2) is 23.3 Å². The first-order chi connectivity index (χ1) is 8.70. The smallest absolute Gasteiger partial charge is 0.151 e. The van der Waals surface area contributed by atoms with Crippen LogP contribution in [0.1, 0.15) is 18.9 Å². The number of para-hydroxylation sites is 1. The van der Waals surface area contributed by atoms with E-state index >= 15 is 0 Å².